The highest BCUT2D eigenvalue weighted by atomic mass is 16.5. The number of carbonyl (C=O) groups excluding carboxylic acids is 1. The average molecular weight is 237 g/mol. The Kier molecular flexibility index (Phi) is 3.22. The number of fused-ring (bicyclic) bond motifs is 2. The van der Waals surface area contributed by atoms with E-state index in [-0.39, 0.29) is 12.2 Å². The van der Waals surface area contributed by atoms with E-state index in [1.54, 1.807) is 0 Å². The molecule has 3 nitrogen and oxygen atoms in total. The van der Waals surface area contributed by atoms with Crippen molar-refractivity contribution in [3.8, 4) is 0 Å². The lowest BCUT2D eigenvalue weighted by Crippen LogP contribution is -2.27. The Hall–Kier alpha value is -0.410. The predicted octanol–water partition coefficient (Wildman–Crippen LogP) is 1.89. The summed E-state index contributed by atoms with van der Waals surface area (Å²) in [6.45, 7) is 0.553. The van der Waals surface area contributed by atoms with Gasteiger partial charge in [0.05, 0.1) is 6.10 Å². The molecule has 0 aromatic carbocycles. The molecule has 5 unspecified atom stereocenters. The molecule has 3 aliphatic rings. The van der Waals surface area contributed by atoms with Gasteiger partial charge >= 0.3 is 0 Å². The van der Waals surface area contributed by atoms with Crippen LogP contribution < -0.4 is 5.73 Å². The molecule has 0 aromatic heterocycles. The van der Waals surface area contributed by atoms with Crippen molar-refractivity contribution < 1.29 is 9.53 Å². The van der Waals surface area contributed by atoms with E-state index in [0.29, 0.717) is 18.2 Å². The van der Waals surface area contributed by atoms with Crippen LogP contribution in [-0.2, 0) is 9.53 Å². The fraction of sp³-hybridized carbons (Fsp3) is 0.929. The number of ketones is 1. The smallest absolute Gasteiger partial charge is 0.161 e. The first kappa shape index (κ1) is 11.7. The first-order chi connectivity index (χ1) is 8.26. The highest BCUT2D eigenvalue weighted by Crippen LogP contribution is 2.49. The van der Waals surface area contributed by atoms with E-state index in [9.17, 15) is 4.79 Å². The SMILES string of the molecule is NCC1CCC(C(=O)CC2CC3CCC2C3)O1. The van der Waals surface area contributed by atoms with E-state index in [0.717, 1.165) is 31.1 Å². The summed E-state index contributed by atoms with van der Waals surface area (Å²) < 4.78 is 5.69. The van der Waals surface area contributed by atoms with Crippen molar-refractivity contribution in [2.75, 3.05) is 6.54 Å². The predicted molar refractivity (Wildman–Crippen MR) is 65.5 cm³/mol. The summed E-state index contributed by atoms with van der Waals surface area (Å²) >= 11 is 0. The summed E-state index contributed by atoms with van der Waals surface area (Å²) in [4.78, 5) is 12.2. The molecule has 1 aliphatic heterocycles. The minimum atomic E-state index is -0.136. The molecule has 1 saturated heterocycles. The van der Waals surface area contributed by atoms with Gasteiger partial charge in [-0.15, -0.1) is 0 Å². The summed E-state index contributed by atoms with van der Waals surface area (Å²) in [5, 5.41) is 0. The molecule has 2 bridgehead atoms. The molecular weight excluding hydrogens is 214 g/mol. The van der Waals surface area contributed by atoms with Gasteiger partial charge in [0.25, 0.3) is 0 Å². The van der Waals surface area contributed by atoms with Gasteiger partial charge in [0.1, 0.15) is 6.10 Å². The topological polar surface area (TPSA) is 52.3 Å². The second-order valence-electron chi connectivity index (χ2n) is 6.17. The van der Waals surface area contributed by atoms with E-state index in [4.69, 9.17) is 10.5 Å². The highest BCUT2D eigenvalue weighted by molar-refractivity contribution is 5.83. The minimum absolute atomic E-state index is 0.129. The van der Waals surface area contributed by atoms with Crippen LogP contribution in [0, 0.1) is 17.8 Å². The summed E-state index contributed by atoms with van der Waals surface area (Å²) in [7, 11) is 0. The van der Waals surface area contributed by atoms with Gasteiger partial charge in [-0.05, 0) is 49.9 Å². The largest absolute Gasteiger partial charge is 0.366 e. The summed E-state index contributed by atoms with van der Waals surface area (Å²) in [6, 6.07) is 0. The number of nitrogens with two attached hydrogens (primary N) is 1. The molecule has 0 aromatic rings. The Labute approximate surface area is 103 Å². The molecule has 96 valence electrons. The number of carbonyl (C=O) groups is 1. The fourth-order valence-electron chi connectivity index (χ4n) is 4.13. The molecule has 5 atom stereocenters. The Bertz CT molecular complexity index is 305. The van der Waals surface area contributed by atoms with Crippen molar-refractivity contribution in [2.45, 2.75) is 57.2 Å². The number of hydrogen-bond donors (Lipinski definition) is 1. The Morgan fingerprint density at radius 2 is 2.06 bits per heavy atom. The van der Waals surface area contributed by atoms with Crippen molar-refractivity contribution in [1.82, 2.24) is 0 Å². The minimum Gasteiger partial charge on any atom is -0.366 e. The van der Waals surface area contributed by atoms with Crippen molar-refractivity contribution in [3.63, 3.8) is 0 Å². The third-order valence-corrected chi connectivity index (χ3v) is 5.08. The van der Waals surface area contributed by atoms with Gasteiger partial charge in [0.2, 0.25) is 0 Å². The average Bonchev–Trinajstić information content (AvgIpc) is 3.04. The van der Waals surface area contributed by atoms with E-state index in [1.165, 1.54) is 25.7 Å². The summed E-state index contributed by atoms with van der Waals surface area (Å²) in [5.74, 6) is 2.79. The third-order valence-electron chi connectivity index (χ3n) is 5.08. The van der Waals surface area contributed by atoms with Crippen molar-refractivity contribution in [3.05, 3.63) is 0 Å². The zero-order chi connectivity index (χ0) is 11.8. The van der Waals surface area contributed by atoms with Crippen LogP contribution >= 0.6 is 0 Å². The molecule has 0 radical (unpaired) electrons. The first-order valence-electron chi connectivity index (χ1n) is 7.14. The molecule has 17 heavy (non-hydrogen) atoms. The molecule has 2 N–H and O–H groups in total. The third kappa shape index (κ3) is 2.27. The Morgan fingerprint density at radius 1 is 1.18 bits per heavy atom. The van der Waals surface area contributed by atoms with Crippen LogP contribution in [0.5, 0.6) is 0 Å². The van der Waals surface area contributed by atoms with Gasteiger partial charge in [-0.3, -0.25) is 4.79 Å². The van der Waals surface area contributed by atoms with Crippen molar-refractivity contribution in [2.24, 2.45) is 23.5 Å². The zero-order valence-corrected chi connectivity index (χ0v) is 10.4. The van der Waals surface area contributed by atoms with Crippen molar-refractivity contribution in [1.29, 1.82) is 0 Å². The van der Waals surface area contributed by atoms with Crippen LogP contribution in [0.2, 0.25) is 0 Å². The van der Waals surface area contributed by atoms with Crippen molar-refractivity contribution >= 4 is 5.78 Å². The molecule has 0 amide bonds. The molecule has 3 heteroatoms. The standard InChI is InChI=1S/C14H23NO2/c15-8-12-3-4-14(17-12)13(16)7-11-6-9-1-2-10(11)5-9/h9-12,14H,1-8,15H2. The van der Waals surface area contributed by atoms with Crippen LogP contribution in [0.25, 0.3) is 0 Å². The lowest BCUT2D eigenvalue weighted by atomic mass is 9.84. The van der Waals surface area contributed by atoms with Crippen LogP contribution in [0.4, 0.5) is 0 Å². The highest BCUT2D eigenvalue weighted by Gasteiger charge is 2.41. The van der Waals surface area contributed by atoms with Gasteiger partial charge in [0, 0.05) is 13.0 Å². The molecule has 0 spiro atoms. The maximum absolute atomic E-state index is 12.2. The molecule has 2 saturated carbocycles. The van der Waals surface area contributed by atoms with Crippen LogP contribution in [0.1, 0.15) is 44.9 Å². The molecule has 3 fully saturated rings. The van der Waals surface area contributed by atoms with E-state index < -0.39 is 0 Å². The van der Waals surface area contributed by atoms with E-state index in [1.807, 2.05) is 0 Å². The van der Waals surface area contributed by atoms with Gasteiger partial charge in [-0.1, -0.05) is 6.42 Å². The van der Waals surface area contributed by atoms with E-state index in [2.05, 4.69) is 0 Å². The molecule has 1 heterocycles. The fourth-order valence-corrected chi connectivity index (χ4v) is 4.13. The summed E-state index contributed by atoms with van der Waals surface area (Å²) in [6.07, 6.45) is 8.06. The van der Waals surface area contributed by atoms with Gasteiger partial charge in [0.15, 0.2) is 5.78 Å². The lowest BCUT2D eigenvalue weighted by molar-refractivity contribution is -0.131. The van der Waals surface area contributed by atoms with Gasteiger partial charge in [-0.25, -0.2) is 0 Å². The maximum atomic E-state index is 12.2. The normalized spacial score (nSPS) is 44.4. The van der Waals surface area contributed by atoms with Crippen LogP contribution in [-0.4, -0.2) is 24.5 Å². The number of Topliss-reactive ketones (excluding diaryl/α,β-unsaturated/α-hetero) is 1. The van der Waals surface area contributed by atoms with E-state index >= 15 is 0 Å². The second-order valence-corrected chi connectivity index (χ2v) is 6.17. The summed E-state index contributed by atoms with van der Waals surface area (Å²) in [5.41, 5.74) is 5.57. The second kappa shape index (κ2) is 4.69. The number of rotatable bonds is 4. The molecule has 3 rings (SSSR count). The first-order valence-corrected chi connectivity index (χ1v) is 7.14. The molecule has 2 aliphatic carbocycles. The number of ether oxygens (including phenoxy) is 1. The van der Waals surface area contributed by atoms with Crippen LogP contribution in [0.15, 0.2) is 0 Å². The van der Waals surface area contributed by atoms with Gasteiger partial charge < -0.3 is 10.5 Å². The quantitative estimate of drug-likeness (QED) is 0.812. The monoisotopic (exact) mass is 237 g/mol. The number of hydrogen-bond acceptors (Lipinski definition) is 3. The van der Waals surface area contributed by atoms with Gasteiger partial charge in [-0.2, -0.15) is 0 Å². The Morgan fingerprint density at radius 3 is 2.65 bits per heavy atom. The van der Waals surface area contributed by atoms with Crippen LogP contribution in [0.3, 0.4) is 0 Å². The lowest BCUT2D eigenvalue weighted by Gasteiger charge is -2.22. The molecular formula is C14H23NO2. The zero-order valence-electron chi connectivity index (χ0n) is 10.4. The maximum Gasteiger partial charge on any atom is 0.161 e. The Balaban J connectivity index is 1.51.